The molecule has 5 nitrogen and oxygen atoms in total. The summed E-state index contributed by atoms with van der Waals surface area (Å²) in [5.41, 5.74) is 1.71. The van der Waals surface area contributed by atoms with E-state index < -0.39 is 0 Å². The molecule has 0 bridgehead atoms. The minimum absolute atomic E-state index is 0.109. The highest BCUT2D eigenvalue weighted by Gasteiger charge is 2.16. The smallest absolute Gasteiger partial charge is 0.255 e. The summed E-state index contributed by atoms with van der Waals surface area (Å²) in [7, 11) is 1.55. The molecular weight excluding hydrogens is 464 g/mol. The van der Waals surface area contributed by atoms with Gasteiger partial charge in [0.2, 0.25) is 5.91 Å². The molecule has 1 atom stereocenters. The number of thioether (sulfide) groups is 1. The molecule has 3 aromatic rings. The first kappa shape index (κ1) is 21.9. The number of halogens is 1. The highest BCUT2D eigenvalue weighted by atomic mass is 79.9. The predicted octanol–water partition coefficient (Wildman–Crippen LogP) is 5.83. The number of anilines is 2. The van der Waals surface area contributed by atoms with Gasteiger partial charge in [0.15, 0.2) is 0 Å². The fraction of sp³-hybridized carbons (Fsp3) is 0.130. The van der Waals surface area contributed by atoms with E-state index in [1.807, 2.05) is 43.3 Å². The third kappa shape index (κ3) is 5.64. The lowest BCUT2D eigenvalue weighted by Gasteiger charge is -2.13. The van der Waals surface area contributed by atoms with Crippen LogP contribution in [0.4, 0.5) is 11.4 Å². The Balaban J connectivity index is 1.60. The van der Waals surface area contributed by atoms with Gasteiger partial charge in [-0.25, -0.2) is 0 Å². The summed E-state index contributed by atoms with van der Waals surface area (Å²) in [4.78, 5) is 26.0. The Morgan fingerprint density at radius 2 is 1.60 bits per heavy atom. The molecule has 3 aromatic carbocycles. The van der Waals surface area contributed by atoms with Crippen molar-refractivity contribution in [2.24, 2.45) is 0 Å². The topological polar surface area (TPSA) is 67.4 Å². The van der Waals surface area contributed by atoms with Gasteiger partial charge in [-0.3, -0.25) is 9.59 Å². The summed E-state index contributed by atoms with van der Waals surface area (Å²) in [5.74, 6) is 0.225. The molecule has 0 fully saturated rings. The fourth-order valence-corrected chi connectivity index (χ4v) is 4.13. The van der Waals surface area contributed by atoms with Crippen LogP contribution in [0.3, 0.4) is 0 Å². The Morgan fingerprint density at radius 3 is 2.30 bits per heavy atom. The van der Waals surface area contributed by atoms with Crippen LogP contribution in [-0.2, 0) is 4.79 Å². The predicted molar refractivity (Wildman–Crippen MR) is 125 cm³/mol. The maximum Gasteiger partial charge on any atom is 0.255 e. The number of ether oxygens (including phenoxy) is 1. The van der Waals surface area contributed by atoms with Crippen LogP contribution in [0.5, 0.6) is 5.75 Å². The minimum Gasteiger partial charge on any atom is -0.495 e. The molecule has 2 N–H and O–H groups in total. The number of nitrogens with one attached hydrogen (secondary N) is 2. The number of hydrogen-bond donors (Lipinski definition) is 2. The zero-order valence-corrected chi connectivity index (χ0v) is 18.9. The number of carbonyl (C=O) groups is 2. The van der Waals surface area contributed by atoms with Crippen molar-refractivity contribution in [1.29, 1.82) is 0 Å². The molecule has 2 amide bonds. The summed E-state index contributed by atoms with van der Waals surface area (Å²) in [6.45, 7) is 1.86. The molecule has 0 saturated carbocycles. The Labute approximate surface area is 188 Å². The lowest BCUT2D eigenvalue weighted by atomic mass is 10.2. The van der Waals surface area contributed by atoms with Crippen LogP contribution >= 0.6 is 27.7 Å². The van der Waals surface area contributed by atoms with Gasteiger partial charge < -0.3 is 15.4 Å². The highest BCUT2D eigenvalue weighted by molar-refractivity contribution is 9.10. The van der Waals surface area contributed by atoms with Crippen LogP contribution in [0.2, 0.25) is 0 Å². The second-order valence-electron chi connectivity index (χ2n) is 6.41. The third-order valence-electron chi connectivity index (χ3n) is 4.28. The van der Waals surface area contributed by atoms with Crippen molar-refractivity contribution in [2.75, 3.05) is 17.7 Å². The molecule has 3 rings (SSSR count). The van der Waals surface area contributed by atoms with Gasteiger partial charge in [-0.2, -0.15) is 0 Å². The Hall–Kier alpha value is -2.77. The van der Waals surface area contributed by atoms with Crippen LogP contribution in [0.1, 0.15) is 17.3 Å². The van der Waals surface area contributed by atoms with Gasteiger partial charge in [0.1, 0.15) is 5.75 Å². The average molecular weight is 485 g/mol. The molecule has 7 heteroatoms. The van der Waals surface area contributed by atoms with Gasteiger partial charge in [0, 0.05) is 20.6 Å². The number of amides is 2. The van der Waals surface area contributed by atoms with E-state index in [4.69, 9.17) is 4.74 Å². The van der Waals surface area contributed by atoms with E-state index in [-0.39, 0.29) is 17.1 Å². The van der Waals surface area contributed by atoms with Crippen molar-refractivity contribution in [1.82, 2.24) is 0 Å². The number of hydrogen-bond acceptors (Lipinski definition) is 4. The van der Waals surface area contributed by atoms with Crippen LogP contribution in [0, 0.1) is 0 Å². The van der Waals surface area contributed by atoms with Crippen LogP contribution in [-0.4, -0.2) is 24.2 Å². The SMILES string of the molecule is COc1ccccc1NC(=O)c1ccc(NC(=O)C(C)Sc2ccccc2Br)cc1. The minimum atomic E-state index is -0.280. The molecule has 0 spiro atoms. The van der Waals surface area contributed by atoms with E-state index in [2.05, 4.69) is 26.6 Å². The molecular formula is C23H21BrN2O3S. The molecule has 154 valence electrons. The molecule has 0 saturated heterocycles. The summed E-state index contributed by atoms with van der Waals surface area (Å²) >= 11 is 4.97. The zero-order chi connectivity index (χ0) is 21.5. The van der Waals surface area contributed by atoms with Gasteiger partial charge in [0.05, 0.1) is 18.0 Å². The summed E-state index contributed by atoms with van der Waals surface area (Å²) in [6.07, 6.45) is 0. The Bertz CT molecular complexity index is 1040. The van der Waals surface area contributed by atoms with Crippen LogP contribution < -0.4 is 15.4 Å². The van der Waals surface area contributed by atoms with E-state index in [0.717, 1.165) is 9.37 Å². The maximum atomic E-state index is 12.5. The van der Waals surface area contributed by atoms with Crippen molar-refractivity contribution in [2.45, 2.75) is 17.1 Å². The van der Waals surface area contributed by atoms with Gasteiger partial charge in [-0.15, -0.1) is 11.8 Å². The van der Waals surface area contributed by atoms with Crippen molar-refractivity contribution >= 4 is 50.9 Å². The number of carbonyl (C=O) groups excluding carboxylic acids is 2. The standard InChI is InChI=1S/C23H21BrN2O3S/c1-15(30-21-10-6-3-7-18(21)24)22(27)25-17-13-11-16(12-14-17)23(28)26-19-8-4-5-9-20(19)29-2/h3-15H,1-2H3,(H,25,27)(H,26,28). The first-order chi connectivity index (χ1) is 14.5. The van der Waals surface area contributed by atoms with Crippen molar-refractivity contribution < 1.29 is 14.3 Å². The fourth-order valence-electron chi connectivity index (χ4n) is 2.68. The zero-order valence-electron chi connectivity index (χ0n) is 16.5. The molecule has 0 aliphatic carbocycles. The van der Waals surface area contributed by atoms with Gasteiger partial charge in [0.25, 0.3) is 5.91 Å². The summed E-state index contributed by atoms with van der Waals surface area (Å²) in [5, 5.41) is 5.44. The lowest BCUT2D eigenvalue weighted by molar-refractivity contribution is -0.115. The molecule has 0 aliphatic rings. The van der Waals surface area contributed by atoms with Gasteiger partial charge in [-0.1, -0.05) is 24.3 Å². The number of methoxy groups -OCH3 is 1. The lowest BCUT2D eigenvalue weighted by Crippen LogP contribution is -2.22. The largest absolute Gasteiger partial charge is 0.495 e. The van der Waals surface area contributed by atoms with Crippen LogP contribution in [0.25, 0.3) is 0 Å². The quantitative estimate of drug-likeness (QED) is 0.414. The van der Waals surface area contributed by atoms with E-state index in [0.29, 0.717) is 22.7 Å². The summed E-state index contributed by atoms with van der Waals surface area (Å²) in [6, 6.07) is 21.8. The van der Waals surface area contributed by atoms with Crippen molar-refractivity contribution in [3.8, 4) is 5.75 Å². The highest BCUT2D eigenvalue weighted by Crippen LogP contribution is 2.31. The number of rotatable bonds is 7. The number of para-hydroxylation sites is 2. The second kappa shape index (κ2) is 10.3. The molecule has 1 unspecified atom stereocenters. The normalized spacial score (nSPS) is 11.4. The van der Waals surface area contributed by atoms with E-state index >= 15 is 0 Å². The third-order valence-corrected chi connectivity index (χ3v) is 6.41. The molecule has 0 aliphatic heterocycles. The van der Waals surface area contributed by atoms with E-state index in [1.54, 1.807) is 43.5 Å². The van der Waals surface area contributed by atoms with Crippen LogP contribution in [0.15, 0.2) is 82.2 Å². The second-order valence-corrected chi connectivity index (χ2v) is 8.65. The first-order valence-corrected chi connectivity index (χ1v) is 10.9. The Kier molecular flexibility index (Phi) is 7.54. The molecule has 30 heavy (non-hydrogen) atoms. The van der Waals surface area contributed by atoms with Crippen molar-refractivity contribution in [3.63, 3.8) is 0 Å². The molecule has 0 heterocycles. The molecule has 0 radical (unpaired) electrons. The Morgan fingerprint density at radius 1 is 0.933 bits per heavy atom. The first-order valence-electron chi connectivity index (χ1n) is 9.24. The average Bonchev–Trinajstić information content (AvgIpc) is 2.76. The van der Waals surface area contributed by atoms with Gasteiger partial charge >= 0.3 is 0 Å². The monoisotopic (exact) mass is 484 g/mol. The van der Waals surface area contributed by atoms with E-state index in [9.17, 15) is 9.59 Å². The maximum absolute atomic E-state index is 12.5. The molecule has 0 aromatic heterocycles. The van der Waals surface area contributed by atoms with E-state index in [1.165, 1.54) is 11.8 Å². The number of benzene rings is 3. The summed E-state index contributed by atoms with van der Waals surface area (Å²) < 4.78 is 6.21. The van der Waals surface area contributed by atoms with Crippen molar-refractivity contribution in [3.05, 3.63) is 82.8 Å². The van der Waals surface area contributed by atoms with Gasteiger partial charge in [-0.05, 0) is 71.4 Å².